The van der Waals surface area contributed by atoms with Crippen LogP contribution in [0.25, 0.3) is 0 Å². The van der Waals surface area contributed by atoms with E-state index in [1.807, 2.05) is 0 Å². The molecule has 20 heavy (non-hydrogen) atoms. The normalized spacial score (nSPS) is 15.9. The average Bonchev–Trinajstić information content (AvgIpc) is 2.41. The highest BCUT2D eigenvalue weighted by molar-refractivity contribution is 5.96. The van der Waals surface area contributed by atoms with E-state index in [4.69, 9.17) is 0 Å². The quantitative estimate of drug-likeness (QED) is 0.676. The summed E-state index contributed by atoms with van der Waals surface area (Å²) in [5, 5.41) is 13.7. The van der Waals surface area contributed by atoms with Crippen LogP contribution in [0.2, 0.25) is 0 Å². The summed E-state index contributed by atoms with van der Waals surface area (Å²) in [7, 11) is 0. The lowest BCUT2D eigenvalue weighted by Crippen LogP contribution is -2.38. The number of nitro benzene ring substituents is 1. The molecule has 0 saturated heterocycles. The van der Waals surface area contributed by atoms with Gasteiger partial charge in [-0.1, -0.05) is 6.07 Å². The molecule has 1 aliphatic carbocycles. The number of nitrogens with one attached hydrogen (secondary N) is 1. The third kappa shape index (κ3) is 3.01. The number of hydrogen-bond donors (Lipinski definition) is 1. The molecule has 0 radical (unpaired) electrons. The molecule has 1 aliphatic rings. The fourth-order valence-electron chi connectivity index (χ4n) is 2.41. The number of hydrogen-bond acceptors (Lipinski definition) is 4. The van der Waals surface area contributed by atoms with Crippen LogP contribution in [-0.4, -0.2) is 22.7 Å². The molecule has 6 nitrogen and oxygen atoms in total. The van der Waals surface area contributed by atoms with Gasteiger partial charge < -0.3 is 5.32 Å². The zero-order chi connectivity index (χ0) is 14.7. The Hall–Kier alpha value is -2.24. The van der Waals surface area contributed by atoms with Crippen LogP contribution in [-0.2, 0) is 4.79 Å². The molecule has 1 saturated carbocycles. The number of nitro groups is 1. The van der Waals surface area contributed by atoms with E-state index in [-0.39, 0.29) is 23.4 Å². The molecule has 0 spiro atoms. The van der Waals surface area contributed by atoms with Gasteiger partial charge in [0.15, 0.2) is 0 Å². The van der Waals surface area contributed by atoms with Gasteiger partial charge in [-0.05, 0) is 25.8 Å². The van der Waals surface area contributed by atoms with Crippen molar-refractivity contribution in [2.45, 2.75) is 38.6 Å². The zero-order valence-corrected chi connectivity index (χ0v) is 11.2. The molecule has 1 amide bonds. The molecule has 2 rings (SSSR count). The lowest BCUT2D eigenvalue weighted by Gasteiger charge is -2.22. The molecule has 1 fully saturated rings. The van der Waals surface area contributed by atoms with Crippen LogP contribution in [0.5, 0.6) is 0 Å². The van der Waals surface area contributed by atoms with Crippen LogP contribution in [0.3, 0.4) is 0 Å². The predicted molar refractivity (Wildman–Crippen MR) is 72.6 cm³/mol. The molecule has 0 heterocycles. The predicted octanol–water partition coefficient (Wildman–Crippen LogP) is 2.14. The smallest absolute Gasteiger partial charge is 0.273 e. The van der Waals surface area contributed by atoms with E-state index in [2.05, 4.69) is 5.32 Å². The van der Waals surface area contributed by atoms with E-state index in [0.29, 0.717) is 36.8 Å². The lowest BCUT2D eigenvalue weighted by molar-refractivity contribution is -0.385. The molecule has 1 N–H and O–H groups in total. The van der Waals surface area contributed by atoms with E-state index >= 15 is 0 Å². The van der Waals surface area contributed by atoms with E-state index in [1.165, 1.54) is 12.1 Å². The minimum absolute atomic E-state index is 0.0288. The molecule has 6 heteroatoms. The zero-order valence-electron chi connectivity index (χ0n) is 11.2. The van der Waals surface area contributed by atoms with Gasteiger partial charge in [0.2, 0.25) is 0 Å². The minimum Gasteiger partial charge on any atom is -0.349 e. The third-order valence-electron chi connectivity index (χ3n) is 3.63. The first-order valence-electron chi connectivity index (χ1n) is 6.55. The van der Waals surface area contributed by atoms with Gasteiger partial charge in [-0.25, -0.2) is 0 Å². The van der Waals surface area contributed by atoms with Crippen LogP contribution in [0, 0.1) is 17.0 Å². The summed E-state index contributed by atoms with van der Waals surface area (Å²) in [6.45, 7) is 1.57. The van der Waals surface area contributed by atoms with Gasteiger partial charge in [-0.3, -0.25) is 19.7 Å². The standard InChI is InChI=1S/C14H16N2O4/c1-9-12(3-2-4-13(9)16(19)20)14(18)15-10-5-7-11(17)8-6-10/h2-4,10H,5-8H2,1H3,(H,15,18). The number of Topliss-reactive ketones (excluding diaryl/α,β-unsaturated/α-hetero) is 1. The van der Waals surface area contributed by atoms with Gasteiger partial charge in [0, 0.05) is 36.1 Å². The Labute approximate surface area is 116 Å². The number of rotatable bonds is 3. The van der Waals surface area contributed by atoms with Crippen molar-refractivity contribution in [3.05, 3.63) is 39.4 Å². The summed E-state index contributed by atoms with van der Waals surface area (Å²) >= 11 is 0. The van der Waals surface area contributed by atoms with Gasteiger partial charge in [0.05, 0.1) is 4.92 Å². The molecule has 1 aromatic rings. The molecule has 0 bridgehead atoms. The van der Waals surface area contributed by atoms with Crippen molar-refractivity contribution >= 4 is 17.4 Å². The van der Waals surface area contributed by atoms with Gasteiger partial charge in [-0.15, -0.1) is 0 Å². The molecular formula is C14H16N2O4. The average molecular weight is 276 g/mol. The number of carbonyl (C=O) groups is 2. The van der Waals surface area contributed by atoms with Crippen LogP contribution >= 0.6 is 0 Å². The summed E-state index contributed by atoms with van der Waals surface area (Å²) in [6, 6.07) is 4.43. The Morgan fingerprint density at radius 1 is 1.35 bits per heavy atom. The van der Waals surface area contributed by atoms with Crippen molar-refractivity contribution in [2.75, 3.05) is 0 Å². The fourth-order valence-corrected chi connectivity index (χ4v) is 2.41. The van der Waals surface area contributed by atoms with Crippen LogP contribution < -0.4 is 5.32 Å². The Bertz CT molecular complexity index is 558. The van der Waals surface area contributed by atoms with Gasteiger partial charge >= 0.3 is 0 Å². The molecule has 0 atom stereocenters. The third-order valence-corrected chi connectivity index (χ3v) is 3.63. The highest BCUT2D eigenvalue weighted by Gasteiger charge is 2.23. The van der Waals surface area contributed by atoms with Crippen LogP contribution in [0.15, 0.2) is 18.2 Å². The molecule has 0 aromatic heterocycles. The lowest BCUT2D eigenvalue weighted by atomic mass is 9.94. The Morgan fingerprint density at radius 2 is 2.00 bits per heavy atom. The molecule has 106 valence electrons. The molecule has 0 unspecified atom stereocenters. The van der Waals surface area contributed by atoms with Crippen molar-refractivity contribution in [3.63, 3.8) is 0 Å². The summed E-state index contributed by atoms with van der Waals surface area (Å²) in [5.74, 6) is -0.0902. The second-order valence-electron chi connectivity index (χ2n) is 4.99. The molecular weight excluding hydrogens is 260 g/mol. The number of benzene rings is 1. The van der Waals surface area contributed by atoms with E-state index in [0.717, 1.165) is 0 Å². The van der Waals surface area contributed by atoms with Crippen molar-refractivity contribution in [1.29, 1.82) is 0 Å². The highest BCUT2D eigenvalue weighted by atomic mass is 16.6. The molecule has 1 aromatic carbocycles. The minimum atomic E-state index is -0.495. The van der Waals surface area contributed by atoms with E-state index in [9.17, 15) is 19.7 Å². The number of carbonyl (C=O) groups excluding carboxylic acids is 2. The Kier molecular flexibility index (Phi) is 4.12. The largest absolute Gasteiger partial charge is 0.349 e. The van der Waals surface area contributed by atoms with Crippen molar-refractivity contribution in [3.8, 4) is 0 Å². The summed E-state index contributed by atoms with van der Waals surface area (Å²) in [4.78, 5) is 33.7. The Balaban J connectivity index is 2.11. The first-order chi connectivity index (χ1) is 9.49. The van der Waals surface area contributed by atoms with Crippen molar-refractivity contribution in [2.24, 2.45) is 0 Å². The second kappa shape index (κ2) is 5.81. The maximum absolute atomic E-state index is 12.2. The monoisotopic (exact) mass is 276 g/mol. The van der Waals surface area contributed by atoms with Gasteiger partial charge in [0.1, 0.15) is 5.78 Å². The Morgan fingerprint density at radius 3 is 2.60 bits per heavy atom. The SMILES string of the molecule is Cc1c(C(=O)NC2CCC(=O)CC2)cccc1[N+](=O)[O-]. The number of ketones is 1. The van der Waals surface area contributed by atoms with Crippen molar-refractivity contribution < 1.29 is 14.5 Å². The number of amides is 1. The van der Waals surface area contributed by atoms with Crippen molar-refractivity contribution in [1.82, 2.24) is 5.32 Å². The van der Waals surface area contributed by atoms with Gasteiger partial charge in [-0.2, -0.15) is 0 Å². The first-order valence-corrected chi connectivity index (χ1v) is 6.55. The summed E-state index contributed by atoms with van der Waals surface area (Å²) in [6.07, 6.45) is 2.24. The number of nitrogens with zero attached hydrogens (tertiary/aromatic N) is 1. The highest BCUT2D eigenvalue weighted by Crippen LogP contribution is 2.22. The summed E-state index contributed by atoms with van der Waals surface area (Å²) < 4.78 is 0. The maximum atomic E-state index is 12.2. The molecule has 0 aliphatic heterocycles. The van der Waals surface area contributed by atoms with E-state index < -0.39 is 4.92 Å². The summed E-state index contributed by atoms with van der Waals surface area (Å²) in [5.41, 5.74) is 0.620. The first kappa shape index (κ1) is 14.2. The maximum Gasteiger partial charge on any atom is 0.273 e. The van der Waals surface area contributed by atoms with Crippen LogP contribution in [0.1, 0.15) is 41.6 Å². The fraction of sp³-hybridized carbons (Fsp3) is 0.429. The van der Waals surface area contributed by atoms with Crippen LogP contribution in [0.4, 0.5) is 5.69 Å². The van der Waals surface area contributed by atoms with Gasteiger partial charge in [0.25, 0.3) is 11.6 Å². The van der Waals surface area contributed by atoms with E-state index in [1.54, 1.807) is 13.0 Å². The second-order valence-corrected chi connectivity index (χ2v) is 4.99. The topological polar surface area (TPSA) is 89.3 Å².